The predicted molar refractivity (Wildman–Crippen MR) is 80.9 cm³/mol. The maximum Gasteiger partial charge on any atom is 0.0645 e. The zero-order valence-corrected chi connectivity index (χ0v) is 12.0. The average Bonchev–Trinajstić information content (AvgIpc) is 3.23. The van der Waals surface area contributed by atoms with Crippen LogP contribution in [-0.2, 0) is 6.54 Å². The third-order valence-electron chi connectivity index (χ3n) is 3.80. The summed E-state index contributed by atoms with van der Waals surface area (Å²) in [6.45, 7) is 3.03. The number of rotatable bonds is 7. The van der Waals surface area contributed by atoms with Crippen molar-refractivity contribution in [2.45, 2.75) is 25.4 Å². The van der Waals surface area contributed by atoms with Crippen molar-refractivity contribution in [2.24, 2.45) is 0 Å². The lowest BCUT2D eigenvalue weighted by molar-refractivity contribution is 0.321. The molecule has 4 nitrogen and oxygen atoms in total. The summed E-state index contributed by atoms with van der Waals surface area (Å²) in [5.74, 6) is 0. The van der Waals surface area contributed by atoms with Crippen LogP contribution in [0.4, 0.5) is 0 Å². The average molecular weight is 270 g/mol. The lowest BCUT2D eigenvalue weighted by Gasteiger charge is -2.15. The first-order valence-corrected chi connectivity index (χ1v) is 7.33. The van der Waals surface area contributed by atoms with Crippen molar-refractivity contribution < 1.29 is 0 Å². The van der Waals surface area contributed by atoms with Crippen LogP contribution in [0.1, 0.15) is 18.4 Å². The lowest BCUT2D eigenvalue weighted by Crippen LogP contribution is -2.30. The molecule has 0 aliphatic heterocycles. The second kappa shape index (κ2) is 6.20. The maximum atomic E-state index is 4.40. The Morgan fingerprint density at radius 3 is 2.85 bits per heavy atom. The molecule has 1 fully saturated rings. The van der Waals surface area contributed by atoms with Crippen molar-refractivity contribution >= 4 is 0 Å². The molecule has 0 saturated heterocycles. The number of aromatic nitrogens is 2. The normalized spacial score (nSPS) is 14.9. The molecule has 1 heterocycles. The van der Waals surface area contributed by atoms with Gasteiger partial charge in [0, 0.05) is 37.4 Å². The van der Waals surface area contributed by atoms with Crippen LogP contribution in [0, 0.1) is 0 Å². The van der Waals surface area contributed by atoms with Gasteiger partial charge in [-0.1, -0.05) is 18.2 Å². The highest BCUT2D eigenvalue weighted by Crippen LogP contribution is 2.24. The SMILES string of the molecule is CN(CCNCc1cnn(-c2ccccc2)c1)C1CC1. The van der Waals surface area contributed by atoms with Gasteiger partial charge in [0.25, 0.3) is 0 Å². The molecule has 0 bridgehead atoms. The van der Waals surface area contributed by atoms with Gasteiger partial charge in [0.2, 0.25) is 0 Å². The van der Waals surface area contributed by atoms with E-state index in [1.807, 2.05) is 29.1 Å². The van der Waals surface area contributed by atoms with Gasteiger partial charge in [-0.2, -0.15) is 5.10 Å². The zero-order chi connectivity index (χ0) is 13.8. The van der Waals surface area contributed by atoms with Gasteiger partial charge in [-0.05, 0) is 32.0 Å². The lowest BCUT2D eigenvalue weighted by atomic mass is 10.3. The van der Waals surface area contributed by atoms with Gasteiger partial charge in [0.15, 0.2) is 0 Å². The van der Waals surface area contributed by atoms with Crippen LogP contribution in [0.15, 0.2) is 42.7 Å². The maximum absolute atomic E-state index is 4.40. The van der Waals surface area contributed by atoms with Gasteiger partial charge < -0.3 is 10.2 Å². The molecule has 2 aromatic rings. The van der Waals surface area contributed by atoms with Gasteiger partial charge in [0.05, 0.1) is 11.9 Å². The quantitative estimate of drug-likeness (QED) is 0.782. The van der Waals surface area contributed by atoms with Gasteiger partial charge >= 0.3 is 0 Å². The summed E-state index contributed by atoms with van der Waals surface area (Å²) < 4.78 is 1.92. The van der Waals surface area contributed by atoms with Crippen molar-refractivity contribution in [3.8, 4) is 5.69 Å². The summed E-state index contributed by atoms with van der Waals surface area (Å²) in [6, 6.07) is 11.1. The smallest absolute Gasteiger partial charge is 0.0645 e. The van der Waals surface area contributed by atoms with Crippen molar-refractivity contribution in [1.29, 1.82) is 0 Å². The van der Waals surface area contributed by atoms with Crippen molar-refractivity contribution in [3.05, 3.63) is 48.3 Å². The molecule has 0 unspecified atom stereocenters. The summed E-state index contributed by atoms with van der Waals surface area (Å²) in [5, 5.41) is 7.89. The summed E-state index contributed by atoms with van der Waals surface area (Å²) in [4.78, 5) is 2.44. The topological polar surface area (TPSA) is 33.1 Å². The number of nitrogens with one attached hydrogen (secondary N) is 1. The molecule has 1 aromatic carbocycles. The molecule has 1 saturated carbocycles. The third kappa shape index (κ3) is 3.46. The summed E-state index contributed by atoms with van der Waals surface area (Å²) in [7, 11) is 2.22. The number of para-hydroxylation sites is 1. The van der Waals surface area contributed by atoms with E-state index in [0.29, 0.717) is 0 Å². The Hall–Kier alpha value is -1.65. The minimum atomic E-state index is 0.845. The van der Waals surface area contributed by atoms with E-state index in [4.69, 9.17) is 0 Å². The molecule has 0 spiro atoms. The van der Waals surface area contributed by atoms with Gasteiger partial charge in [-0.3, -0.25) is 0 Å². The van der Waals surface area contributed by atoms with E-state index in [1.54, 1.807) is 0 Å². The van der Waals surface area contributed by atoms with E-state index in [2.05, 4.69) is 40.7 Å². The molecular weight excluding hydrogens is 248 g/mol. The highest BCUT2D eigenvalue weighted by molar-refractivity contribution is 5.30. The van der Waals surface area contributed by atoms with E-state index in [0.717, 1.165) is 31.4 Å². The fourth-order valence-corrected chi connectivity index (χ4v) is 2.36. The largest absolute Gasteiger partial charge is 0.311 e. The minimum Gasteiger partial charge on any atom is -0.311 e. The van der Waals surface area contributed by atoms with Gasteiger partial charge in [-0.25, -0.2) is 4.68 Å². The molecular formula is C16H22N4. The Labute approximate surface area is 120 Å². The second-order valence-corrected chi connectivity index (χ2v) is 5.52. The Bertz CT molecular complexity index is 530. The second-order valence-electron chi connectivity index (χ2n) is 5.52. The first-order valence-electron chi connectivity index (χ1n) is 7.33. The van der Waals surface area contributed by atoms with E-state index in [1.165, 1.54) is 18.4 Å². The van der Waals surface area contributed by atoms with E-state index < -0.39 is 0 Å². The Morgan fingerprint density at radius 1 is 1.30 bits per heavy atom. The number of likely N-dealkylation sites (N-methyl/N-ethyl adjacent to an activating group) is 1. The highest BCUT2D eigenvalue weighted by atomic mass is 15.3. The molecule has 0 radical (unpaired) electrons. The molecule has 0 amide bonds. The van der Waals surface area contributed by atoms with Crippen LogP contribution in [0.2, 0.25) is 0 Å². The van der Waals surface area contributed by atoms with Crippen LogP contribution < -0.4 is 5.32 Å². The molecule has 106 valence electrons. The van der Waals surface area contributed by atoms with Gasteiger partial charge in [-0.15, -0.1) is 0 Å². The molecule has 1 aromatic heterocycles. The molecule has 1 aliphatic rings. The molecule has 4 heteroatoms. The number of hydrogen-bond acceptors (Lipinski definition) is 3. The number of benzene rings is 1. The monoisotopic (exact) mass is 270 g/mol. The summed E-state index contributed by atoms with van der Waals surface area (Å²) >= 11 is 0. The van der Waals surface area contributed by atoms with Crippen molar-refractivity contribution in [1.82, 2.24) is 20.0 Å². The van der Waals surface area contributed by atoms with Crippen molar-refractivity contribution in [3.63, 3.8) is 0 Å². The number of hydrogen-bond donors (Lipinski definition) is 1. The zero-order valence-electron chi connectivity index (χ0n) is 12.0. The minimum absolute atomic E-state index is 0.845. The molecule has 20 heavy (non-hydrogen) atoms. The first-order chi connectivity index (χ1) is 9.83. The molecule has 1 N–H and O–H groups in total. The predicted octanol–water partition coefficient (Wildman–Crippen LogP) is 2.06. The molecule has 0 atom stereocenters. The number of nitrogens with zero attached hydrogens (tertiary/aromatic N) is 3. The van der Waals surface area contributed by atoms with E-state index in [9.17, 15) is 0 Å². The van der Waals surface area contributed by atoms with Crippen LogP contribution >= 0.6 is 0 Å². The summed E-state index contributed by atoms with van der Waals surface area (Å²) in [5.41, 5.74) is 2.33. The van der Waals surface area contributed by atoms with Crippen LogP contribution in [0.3, 0.4) is 0 Å². The van der Waals surface area contributed by atoms with E-state index >= 15 is 0 Å². The van der Waals surface area contributed by atoms with Crippen LogP contribution in [-0.4, -0.2) is 40.9 Å². The fraction of sp³-hybridized carbons (Fsp3) is 0.438. The Kier molecular flexibility index (Phi) is 4.14. The molecule has 3 rings (SSSR count). The van der Waals surface area contributed by atoms with Crippen LogP contribution in [0.25, 0.3) is 5.69 Å². The van der Waals surface area contributed by atoms with Crippen molar-refractivity contribution in [2.75, 3.05) is 20.1 Å². The summed E-state index contributed by atoms with van der Waals surface area (Å²) in [6.07, 6.45) is 6.78. The Morgan fingerprint density at radius 2 is 2.10 bits per heavy atom. The highest BCUT2D eigenvalue weighted by Gasteiger charge is 2.25. The third-order valence-corrected chi connectivity index (χ3v) is 3.80. The van der Waals surface area contributed by atoms with Gasteiger partial charge in [0.1, 0.15) is 0 Å². The standard InChI is InChI=1S/C16H22N4/c1-19(15-7-8-15)10-9-17-11-14-12-18-20(13-14)16-5-3-2-4-6-16/h2-6,12-13,15,17H,7-11H2,1H3. The van der Waals surface area contributed by atoms with Crippen LogP contribution in [0.5, 0.6) is 0 Å². The van der Waals surface area contributed by atoms with E-state index in [-0.39, 0.29) is 0 Å². The first kappa shape index (κ1) is 13.3. The Balaban J connectivity index is 1.45. The molecule has 1 aliphatic carbocycles. The fourth-order valence-electron chi connectivity index (χ4n) is 2.36.